The number of aliphatic carboxylic acids is 1. The number of carbonyl (C=O) groups excluding carboxylic acids is 1. The first-order valence-electron chi connectivity index (χ1n) is 6.89. The van der Waals surface area contributed by atoms with Crippen molar-refractivity contribution < 1.29 is 19.4 Å². The predicted molar refractivity (Wildman–Crippen MR) is 77.7 cm³/mol. The summed E-state index contributed by atoms with van der Waals surface area (Å²) >= 11 is 0. The van der Waals surface area contributed by atoms with Crippen molar-refractivity contribution in [2.75, 3.05) is 20.2 Å². The van der Waals surface area contributed by atoms with Crippen molar-refractivity contribution >= 4 is 12.0 Å². The summed E-state index contributed by atoms with van der Waals surface area (Å²) in [4.78, 5) is 24.4. The maximum Gasteiger partial charge on any atom is 0.317 e. The molecule has 0 rings (SSSR count). The molecule has 1 atom stereocenters. The number of amides is 2. The van der Waals surface area contributed by atoms with Crippen LogP contribution in [0.25, 0.3) is 0 Å². The second kappa shape index (κ2) is 8.09. The Morgan fingerprint density at radius 3 is 2.25 bits per heavy atom. The number of nitrogens with one attached hydrogen (secondary N) is 1. The van der Waals surface area contributed by atoms with Gasteiger partial charge < -0.3 is 20.1 Å². The molecule has 0 aromatic heterocycles. The van der Waals surface area contributed by atoms with Crippen LogP contribution in [0.3, 0.4) is 0 Å². The minimum atomic E-state index is -0.920. The van der Waals surface area contributed by atoms with E-state index in [1.165, 1.54) is 4.90 Å². The molecule has 0 radical (unpaired) electrons. The maximum atomic E-state index is 12.0. The number of carboxylic acids is 1. The van der Waals surface area contributed by atoms with E-state index in [4.69, 9.17) is 9.84 Å². The van der Waals surface area contributed by atoms with Crippen molar-refractivity contribution in [3.05, 3.63) is 0 Å². The molecule has 20 heavy (non-hydrogen) atoms. The topological polar surface area (TPSA) is 78.9 Å². The van der Waals surface area contributed by atoms with Crippen LogP contribution in [0.15, 0.2) is 0 Å². The van der Waals surface area contributed by atoms with Gasteiger partial charge in [0.1, 0.15) is 0 Å². The van der Waals surface area contributed by atoms with E-state index in [-0.39, 0.29) is 24.0 Å². The van der Waals surface area contributed by atoms with Gasteiger partial charge in [0.15, 0.2) is 0 Å². The molecule has 0 aliphatic carbocycles. The third-order valence-electron chi connectivity index (χ3n) is 2.95. The van der Waals surface area contributed by atoms with Crippen LogP contribution < -0.4 is 5.32 Å². The van der Waals surface area contributed by atoms with Gasteiger partial charge in [-0.2, -0.15) is 0 Å². The van der Waals surface area contributed by atoms with Crippen molar-refractivity contribution in [2.24, 2.45) is 5.41 Å². The second-order valence-corrected chi connectivity index (χ2v) is 6.31. The number of carboxylic acid groups (broad SMARTS) is 1. The van der Waals surface area contributed by atoms with Gasteiger partial charge in [0, 0.05) is 19.6 Å². The van der Waals surface area contributed by atoms with E-state index >= 15 is 0 Å². The van der Waals surface area contributed by atoms with Crippen LogP contribution in [0.2, 0.25) is 0 Å². The van der Waals surface area contributed by atoms with Crippen molar-refractivity contribution in [3.63, 3.8) is 0 Å². The summed E-state index contributed by atoms with van der Waals surface area (Å²) in [5.74, 6) is -0.920. The fourth-order valence-electron chi connectivity index (χ4n) is 1.53. The van der Waals surface area contributed by atoms with E-state index in [0.717, 1.165) is 0 Å². The summed E-state index contributed by atoms with van der Waals surface area (Å²) in [6, 6.07) is -0.695. The first-order valence-corrected chi connectivity index (χ1v) is 6.89. The van der Waals surface area contributed by atoms with E-state index in [1.807, 2.05) is 34.6 Å². The van der Waals surface area contributed by atoms with E-state index in [9.17, 15) is 9.59 Å². The number of rotatable bonds is 7. The zero-order valence-electron chi connectivity index (χ0n) is 13.4. The predicted octanol–water partition coefficient (Wildman–Crippen LogP) is 1.94. The van der Waals surface area contributed by atoms with Crippen molar-refractivity contribution in [1.82, 2.24) is 10.2 Å². The lowest BCUT2D eigenvalue weighted by Crippen LogP contribution is -2.50. The Balaban J connectivity index is 4.40. The molecule has 0 fully saturated rings. The lowest BCUT2D eigenvalue weighted by Gasteiger charge is -2.32. The first-order chi connectivity index (χ1) is 9.04. The zero-order chi connectivity index (χ0) is 15.9. The van der Waals surface area contributed by atoms with Gasteiger partial charge in [-0.1, -0.05) is 20.8 Å². The SMILES string of the molecule is CC(C)OCCN(C)C(=O)NC(CC(=O)O)C(C)(C)C. The van der Waals surface area contributed by atoms with Gasteiger partial charge in [-0.05, 0) is 19.3 Å². The van der Waals surface area contributed by atoms with Gasteiger partial charge >= 0.3 is 12.0 Å². The average molecular weight is 288 g/mol. The van der Waals surface area contributed by atoms with Gasteiger partial charge in [0.05, 0.1) is 19.1 Å². The summed E-state index contributed by atoms with van der Waals surface area (Å²) in [5, 5.41) is 11.7. The molecule has 0 saturated heterocycles. The Morgan fingerprint density at radius 1 is 1.30 bits per heavy atom. The molecule has 0 aliphatic rings. The molecule has 2 amide bonds. The van der Waals surface area contributed by atoms with Gasteiger partial charge in [0.2, 0.25) is 0 Å². The Kier molecular flexibility index (Phi) is 7.57. The Labute approximate surface area is 121 Å². The van der Waals surface area contributed by atoms with E-state index in [2.05, 4.69) is 5.32 Å². The van der Waals surface area contributed by atoms with E-state index in [1.54, 1.807) is 7.05 Å². The van der Waals surface area contributed by atoms with Crippen LogP contribution >= 0.6 is 0 Å². The largest absolute Gasteiger partial charge is 0.481 e. The molecule has 0 saturated carbocycles. The summed E-state index contributed by atoms with van der Waals surface area (Å²) in [7, 11) is 1.67. The summed E-state index contributed by atoms with van der Waals surface area (Å²) < 4.78 is 5.38. The lowest BCUT2D eigenvalue weighted by molar-refractivity contribution is -0.138. The molecule has 6 heteroatoms. The molecular formula is C14H28N2O4. The zero-order valence-corrected chi connectivity index (χ0v) is 13.4. The number of nitrogens with zero attached hydrogens (tertiary/aromatic N) is 1. The van der Waals surface area contributed by atoms with Gasteiger partial charge in [-0.15, -0.1) is 0 Å². The van der Waals surface area contributed by atoms with Crippen LogP contribution in [0.1, 0.15) is 41.0 Å². The van der Waals surface area contributed by atoms with Crippen LogP contribution in [0.5, 0.6) is 0 Å². The monoisotopic (exact) mass is 288 g/mol. The van der Waals surface area contributed by atoms with E-state index in [0.29, 0.717) is 13.2 Å². The highest BCUT2D eigenvalue weighted by Gasteiger charge is 2.29. The second-order valence-electron chi connectivity index (χ2n) is 6.31. The number of hydrogen-bond donors (Lipinski definition) is 2. The highest BCUT2D eigenvalue weighted by Crippen LogP contribution is 2.22. The number of likely N-dealkylation sites (N-methyl/N-ethyl adjacent to an activating group) is 1. The summed E-state index contributed by atoms with van der Waals surface area (Å²) in [5.41, 5.74) is -0.316. The smallest absolute Gasteiger partial charge is 0.317 e. The van der Waals surface area contributed by atoms with Crippen LogP contribution in [-0.2, 0) is 9.53 Å². The fraction of sp³-hybridized carbons (Fsp3) is 0.857. The fourth-order valence-corrected chi connectivity index (χ4v) is 1.53. The van der Waals surface area contributed by atoms with Crippen LogP contribution in [-0.4, -0.2) is 54.4 Å². The van der Waals surface area contributed by atoms with Gasteiger partial charge in [-0.25, -0.2) is 4.79 Å². The quantitative estimate of drug-likeness (QED) is 0.750. The number of urea groups is 1. The molecule has 0 aromatic carbocycles. The maximum absolute atomic E-state index is 12.0. The minimum Gasteiger partial charge on any atom is -0.481 e. The highest BCUT2D eigenvalue weighted by molar-refractivity contribution is 5.75. The number of ether oxygens (including phenoxy) is 1. The molecule has 0 heterocycles. The standard InChI is InChI=1S/C14H28N2O4/c1-10(2)20-8-7-16(6)13(19)15-11(9-12(17)18)14(3,4)5/h10-11H,7-9H2,1-6H3,(H,15,19)(H,17,18). The molecular weight excluding hydrogens is 260 g/mol. The van der Waals surface area contributed by atoms with Gasteiger partial charge in [0.25, 0.3) is 0 Å². The molecule has 6 nitrogen and oxygen atoms in total. The molecule has 118 valence electrons. The lowest BCUT2D eigenvalue weighted by atomic mass is 9.85. The van der Waals surface area contributed by atoms with Crippen molar-refractivity contribution in [3.8, 4) is 0 Å². The van der Waals surface area contributed by atoms with Crippen molar-refractivity contribution in [2.45, 2.75) is 53.2 Å². The molecule has 1 unspecified atom stereocenters. The Morgan fingerprint density at radius 2 is 1.85 bits per heavy atom. The highest BCUT2D eigenvalue weighted by atomic mass is 16.5. The molecule has 2 N–H and O–H groups in total. The summed E-state index contributed by atoms with van der Waals surface area (Å²) in [6.07, 6.45) is 0.0340. The third kappa shape index (κ3) is 7.99. The van der Waals surface area contributed by atoms with Crippen LogP contribution in [0.4, 0.5) is 4.79 Å². The average Bonchev–Trinajstić information content (AvgIpc) is 2.25. The molecule has 0 aliphatic heterocycles. The van der Waals surface area contributed by atoms with Crippen LogP contribution in [0, 0.1) is 5.41 Å². The van der Waals surface area contributed by atoms with Crippen molar-refractivity contribution in [1.29, 1.82) is 0 Å². The first kappa shape index (κ1) is 18.7. The Hall–Kier alpha value is -1.30. The Bertz CT molecular complexity index is 324. The minimum absolute atomic E-state index is 0.0917. The summed E-state index contributed by atoms with van der Waals surface area (Å²) in [6.45, 7) is 10.5. The molecule has 0 aromatic rings. The molecule has 0 spiro atoms. The van der Waals surface area contributed by atoms with E-state index < -0.39 is 12.0 Å². The third-order valence-corrected chi connectivity index (χ3v) is 2.95. The normalized spacial score (nSPS) is 13.2. The van der Waals surface area contributed by atoms with Gasteiger partial charge in [-0.3, -0.25) is 4.79 Å². The number of hydrogen-bond acceptors (Lipinski definition) is 3. The number of carbonyl (C=O) groups is 2. The molecule has 0 bridgehead atoms.